The Balaban J connectivity index is 1.28. The molecule has 0 aliphatic carbocycles. The molecule has 152 valence electrons. The van der Waals surface area contributed by atoms with Gasteiger partial charge in [-0.1, -0.05) is 6.07 Å². The lowest BCUT2D eigenvalue weighted by Crippen LogP contribution is -2.48. The van der Waals surface area contributed by atoms with Gasteiger partial charge in [-0.2, -0.15) is 0 Å². The number of benzene rings is 1. The lowest BCUT2D eigenvalue weighted by molar-refractivity contribution is -0.133. The van der Waals surface area contributed by atoms with Crippen molar-refractivity contribution in [1.29, 1.82) is 0 Å². The van der Waals surface area contributed by atoms with E-state index in [0.29, 0.717) is 49.7 Å². The summed E-state index contributed by atoms with van der Waals surface area (Å²) in [6.45, 7) is 3.15. The van der Waals surface area contributed by atoms with E-state index in [-0.39, 0.29) is 17.9 Å². The van der Waals surface area contributed by atoms with Gasteiger partial charge in [0.15, 0.2) is 16.6 Å². The number of amides is 1. The van der Waals surface area contributed by atoms with E-state index in [0.717, 1.165) is 17.8 Å². The van der Waals surface area contributed by atoms with Crippen LogP contribution in [0, 0.1) is 11.6 Å². The highest BCUT2D eigenvalue weighted by molar-refractivity contribution is 7.15. The molecule has 0 atom stereocenters. The molecule has 6 nitrogen and oxygen atoms in total. The number of rotatable bonds is 5. The Bertz CT molecular complexity index is 1090. The molecule has 0 radical (unpaired) electrons. The van der Waals surface area contributed by atoms with E-state index in [1.807, 2.05) is 5.38 Å². The van der Waals surface area contributed by atoms with Crippen molar-refractivity contribution in [3.05, 3.63) is 69.1 Å². The van der Waals surface area contributed by atoms with Crippen molar-refractivity contribution >= 4 is 22.2 Å². The molecule has 1 saturated heterocycles. The molecule has 9 heteroatoms. The summed E-state index contributed by atoms with van der Waals surface area (Å²) in [6, 6.07) is 5.28. The van der Waals surface area contributed by atoms with Crippen LogP contribution in [-0.2, 0) is 17.8 Å². The molecule has 29 heavy (non-hydrogen) atoms. The second-order valence-corrected chi connectivity index (χ2v) is 7.92. The van der Waals surface area contributed by atoms with Gasteiger partial charge in [-0.05, 0) is 24.1 Å². The molecule has 2 aromatic heterocycles. The third-order valence-corrected chi connectivity index (χ3v) is 5.83. The third-order valence-electron chi connectivity index (χ3n) is 5.08. The smallest absolute Gasteiger partial charge is 0.258 e. The number of piperazine rings is 1. The van der Waals surface area contributed by atoms with Crippen LogP contribution in [0.25, 0.3) is 4.96 Å². The Morgan fingerprint density at radius 1 is 1.10 bits per heavy atom. The first kappa shape index (κ1) is 19.7. The van der Waals surface area contributed by atoms with Crippen LogP contribution in [0.3, 0.4) is 0 Å². The first-order valence-electron chi connectivity index (χ1n) is 9.39. The molecule has 1 fully saturated rings. The molecule has 0 bridgehead atoms. The molecule has 1 aliphatic rings. The van der Waals surface area contributed by atoms with Gasteiger partial charge in [-0.15, -0.1) is 11.3 Å². The third kappa shape index (κ3) is 4.51. The van der Waals surface area contributed by atoms with Crippen molar-refractivity contribution in [3.8, 4) is 0 Å². The fourth-order valence-corrected chi connectivity index (χ4v) is 4.20. The van der Waals surface area contributed by atoms with Crippen molar-refractivity contribution in [1.82, 2.24) is 19.2 Å². The number of carbonyl (C=O) groups is 1. The molecule has 0 unspecified atom stereocenters. The highest BCUT2D eigenvalue weighted by atomic mass is 32.1. The number of thiazole rings is 1. The van der Waals surface area contributed by atoms with Gasteiger partial charge in [0.2, 0.25) is 5.91 Å². The number of aromatic nitrogens is 2. The molecule has 0 N–H and O–H groups in total. The van der Waals surface area contributed by atoms with Crippen LogP contribution >= 0.6 is 11.3 Å². The van der Waals surface area contributed by atoms with Crippen LogP contribution in [0.1, 0.15) is 17.7 Å². The van der Waals surface area contributed by atoms with Gasteiger partial charge < -0.3 is 4.90 Å². The predicted octanol–water partition coefficient (Wildman–Crippen LogP) is 2.31. The summed E-state index contributed by atoms with van der Waals surface area (Å²) in [4.78, 5) is 33.7. The molecule has 0 saturated carbocycles. The second kappa shape index (κ2) is 8.38. The Hall–Kier alpha value is -2.65. The highest BCUT2D eigenvalue weighted by Crippen LogP contribution is 2.13. The van der Waals surface area contributed by atoms with Crippen molar-refractivity contribution in [2.75, 3.05) is 26.2 Å². The lowest BCUT2D eigenvalue weighted by Gasteiger charge is -2.34. The van der Waals surface area contributed by atoms with Crippen molar-refractivity contribution in [2.24, 2.45) is 0 Å². The highest BCUT2D eigenvalue weighted by Gasteiger charge is 2.21. The summed E-state index contributed by atoms with van der Waals surface area (Å²) in [6.07, 6.45) is 2.35. The minimum Gasteiger partial charge on any atom is -0.340 e. The van der Waals surface area contributed by atoms with E-state index in [1.165, 1.54) is 21.8 Å². The number of hydrogen-bond donors (Lipinski definition) is 0. The van der Waals surface area contributed by atoms with Crippen molar-refractivity contribution < 1.29 is 13.6 Å². The fourth-order valence-electron chi connectivity index (χ4n) is 3.46. The maximum atomic E-state index is 13.3. The van der Waals surface area contributed by atoms with Gasteiger partial charge in [0.05, 0.1) is 5.69 Å². The second-order valence-electron chi connectivity index (χ2n) is 7.05. The van der Waals surface area contributed by atoms with Gasteiger partial charge in [0.1, 0.15) is 0 Å². The van der Waals surface area contributed by atoms with E-state index >= 15 is 0 Å². The zero-order chi connectivity index (χ0) is 20.4. The molecule has 3 heterocycles. The van der Waals surface area contributed by atoms with Crippen molar-refractivity contribution in [3.63, 3.8) is 0 Å². The van der Waals surface area contributed by atoms with Gasteiger partial charge >= 0.3 is 0 Å². The topological polar surface area (TPSA) is 57.9 Å². The molecular formula is C20H20F2N4O2S. The Morgan fingerprint density at radius 3 is 2.66 bits per heavy atom. The number of nitrogens with zero attached hydrogens (tertiary/aromatic N) is 4. The maximum Gasteiger partial charge on any atom is 0.258 e. The summed E-state index contributed by atoms with van der Waals surface area (Å²) in [7, 11) is 0. The number of aryl methyl sites for hydroxylation is 1. The summed E-state index contributed by atoms with van der Waals surface area (Å²) >= 11 is 1.42. The van der Waals surface area contributed by atoms with E-state index in [1.54, 1.807) is 17.2 Å². The molecule has 1 amide bonds. The Labute approximate surface area is 170 Å². The van der Waals surface area contributed by atoms with Gasteiger partial charge in [-0.25, -0.2) is 13.8 Å². The van der Waals surface area contributed by atoms with E-state index in [9.17, 15) is 18.4 Å². The van der Waals surface area contributed by atoms with Crippen LogP contribution in [0.5, 0.6) is 0 Å². The molecule has 3 aromatic rings. The van der Waals surface area contributed by atoms with Gasteiger partial charge in [0, 0.05) is 56.8 Å². The standard InChI is InChI=1S/C20H20F2N4O2S/c21-16-3-1-14(11-17(16)22)2-4-18(27)25-7-5-24(6-8-25)13-15-12-19(28)26-9-10-29-20(26)23-15/h1,3,9-12H,2,4-8,13H2. The largest absolute Gasteiger partial charge is 0.340 e. The summed E-state index contributed by atoms with van der Waals surface area (Å²) in [5.41, 5.74) is 1.25. The predicted molar refractivity (Wildman–Crippen MR) is 106 cm³/mol. The van der Waals surface area contributed by atoms with E-state index in [2.05, 4.69) is 9.88 Å². The average Bonchev–Trinajstić information content (AvgIpc) is 3.18. The first-order chi connectivity index (χ1) is 14.0. The van der Waals surface area contributed by atoms with Crippen molar-refractivity contribution in [2.45, 2.75) is 19.4 Å². The SMILES string of the molecule is O=C(CCc1ccc(F)c(F)c1)N1CCN(Cc2cc(=O)n3ccsc3n2)CC1. The first-order valence-corrected chi connectivity index (χ1v) is 10.3. The van der Waals surface area contributed by atoms with E-state index in [4.69, 9.17) is 0 Å². The van der Waals surface area contributed by atoms with Crippen LogP contribution in [0.2, 0.25) is 0 Å². The Kier molecular flexibility index (Phi) is 5.68. The molecule has 0 spiro atoms. The number of fused-ring (bicyclic) bond motifs is 1. The normalized spacial score (nSPS) is 15.2. The summed E-state index contributed by atoms with van der Waals surface area (Å²) < 4.78 is 27.8. The zero-order valence-corrected chi connectivity index (χ0v) is 16.5. The molecular weight excluding hydrogens is 398 g/mol. The number of halogens is 2. The molecule has 1 aromatic carbocycles. The van der Waals surface area contributed by atoms with Crippen LogP contribution in [0.4, 0.5) is 8.78 Å². The fraction of sp³-hybridized carbons (Fsp3) is 0.350. The monoisotopic (exact) mass is 418 g/mol. The molecule has 4 rings (SSSR count). The summed E-state index contributed by atoms with van der Waals surface area (Å²) in [5.74, 6) is -1.77. The van der Waals surface area contributed by atoms with Crippen LogP contribution in [-0.4, -0.2) is 51.3 Å². The molecule has 1 aliphatic heterocycles. The number of carbonyl (C=O) groups excluding carboxylic acids is 1. The lowest BCUT2D eigenvalue weighted by atomic mass is 10.1. The van der Waals surface area contributed by atoms with Crippen LogP contribution < -0.4 is 5.56 Å². The average molecular weight is 418 g/mol. The maximum absolute atomic E-state index is 13.3. The van der Waals surface area contributed by atoms with Crippen LogP contribution in [0.15, 0.2) is 40.6 Å². The zero-order valence-electron chi connectivity index (χ0n) is 15.7. The van der Waals surface area contributed by atoms with Gasteiger partial charge in [-0.3, -0.25) is 18.9 Å². The minimum atomic E-state index is -0.891. The quantitative estimate of drug-likeness (QED) is 0.638. The minimum absolute atomic E-state index is 0.00533. The van der Waals surface area contributed by atoms with Gasteiger partial charge in [0.25, 0.3) is 5.56 Å². The Morgan fingerprint density at radius 2 is 1.90 bits per heavy atom. The van der Waals surface area contributed by atoms with E-state index < -0.39 is 11.6 Å². The summed E-state index contributed by atoms with van der Waals surface area (Å²) in [5, 5.41) is 1.83. The number of hydrogen-bond acceptors (Lipinski definition) is 5.